The standard InChI is InChI=1S/C14H21N5/c1-3-18-8-4-5-12(10-18)15-14-16-13-7-6-11(2)9-19(13)17-14/h6-7,9,12H,3-5,8,10H2,1-2H3,(H,15,17). The molecule has 3 rings (SSSR count). The number of aromatic nitrogens is 3. The van der Waals surface area contributed by atoms with E-state index in [2.05, 4.69) is 40.2 Å². The van der Waals surface area contributed by atoms with Crippen LogP contribution in [0.3, 0.4) is 0 Å². The minimum absolute atomic E-state index is 0.465. The molecule has 5 nitrogen and oxygen atoms in total. The van der Waals surface area contributed by atoms with Crippen molar-refractivity contribution in [3.63, 3.8) is 0 Å². The molecule has 0 aliphatic carbocycles. The van der Waals surface area contributed by atoms with Gasteiger partial charge in [0.15, 0.2) is 5.65 Å². The van der Waals surface area contributed by atoms with E-state index >= 15 is 0 Å². The lowest BCUT2D eigenvalue weighted by Crippen LogP contribution is -2.42. The molecule has 2 aromatic heterocycles. The van der Waals surface area contributed by atoms with Crippen LogP contribution >= 0.6 is 0 Å². The van der Waals surface area contributed by atoms with Crippen LogP contribution < -0.4 is 5.32 Å². The molecule has 1 fully saturated rings. The van der Waals surface area contributed by atoms with E-state index in [0.717, 1.165) is 24.7 Å². The molecule has 3 heterocycles. The Hall–Kier alpha value is -1.62. The maximum atomic E-state index is 4.52. The largest absolute Gasteiger partial charge is 0.349 e. The summed E-state index contributed by atoms with van der Waals surface area (Å²) in [4.78, 5) is 6.99. The lowest BCUT2D eigenvalue weighted by atomic mass is 10.1. The van der Waals surface area contributed by atoms with E-state index in [-0.39, 0.29) is 0 Å². The first-order valence-corrected chi connectivity index (χ1v) is 7.06. The third-order valence-electron chi connectivity index (χ3n) is 3.76. The molecule has 0 amide bonds. The molecule has 1 atom stereocenters. The summed E-state index contributed by atoms with van der Waals surface area (Å²) in [5, 5.41) is 7.96. The molecule has 102 valence electrons. The van der Waals surface area contributed by atoms with E-state index in [1.807, 2.05) is 16.8 Å². The zero-order chi connectivity index (χ0) is 13.2. The maximum absolute atomic E-state index is 4.52. The molecule has 1 aliphatic rings. The van der Waals surface area contributed by atoms with Gasteiger partial charge in [-0.25, -0.2) is 4.52 Å². The SMILES string of the molecule is CCN1CCCC(Nc2nc3ccc(C)cn3n2)C1. The van der Waals surface area contributed by atoms with Gasteiger partial charge in [-0.15, -0.1) is 5.10 Å². The molecule has 1 saturated heterocycles. The zero-order valence-electron chi connectivity index (χ0n) is 11.6. The number of nitrogens with zero attached hydrogens (tertiary/aromatic N) is 4. The summed E-state index contributed by atoms with van der Waals surface area (Å²) in [7, 11) is 0. The van der Waals surface area contributed by atoms with Crippen molar-refractivity contribution in [3.8, 4) is 0 Å². The summed E-state index contributed by atoms with van der Waals surface area (Å²) in [6.45, 7) is 7.70. The summed E-state index contributed by atoms with van der Waals surface area (Å²) >= 11 is 0. The number of hydrogen-bond acceptors (Lipinski definition) is 4. The number of pyridine rings is 1. The highest BCUT2D eigenvalue weighted by Crippen LogP contribution is 2.14. The number of hydrogen-bond donors (Lipinski definition) is 1. The Morgan fingerprint density at radius 1 is 1.42 bits per heavy atom. The Bertz CT molecular complexity index is 562. The van der Waals surface area contributed by atoms with E-state index in [1.165, 1.54) is 24.9 Å². The first kappa shape index (κ1) is 12.4. The maximum Gasteiger partial charge on any atom is 0.243 e. The average molecular weight is 259 g/mol. The quantitative estimate of drug-likeness (QED) is 0.915. The van der Waals surface area contributed by atoms with E-state index < -0.39 is 0 Å². The second-order valence-corrected chi connectivity index (χ2v) is 5.32. The highest BCUT2D eigenvalue weighted by Gasteiger charge is 2.19. The molecule has 0 saturated carbocycles. The second-order valence-electron chi connectivity index (χ2n) is 5.32. The molecule has 2 aromatic rings. The number of piperidine rings is 1. The number of anilines is 1. The Morgan fingerprint density at radius 3 is 3.16 bits per heavy atom. The molecular formula is C14H21N5. The molecule has 0 bridgehead atoms. The monoisotopic (exact) mass is 259 g/mol. The molecule has 1 unspecified atom stereocenters. The lowest BCUT2D eigenvalue weighted by Gasteiger charge is -2.31. The van der Waals surface area contributed by atoms with Crippen LogP contribution in [0.4, 0.5) is 5.95 Å². The zero-order valence-corrected chi connectivity index (χ0v) is 11.6. The van der Waals surface area contributed by atoms with Crippen molar-refractivity contribution < 1.29 is 0 Å². The molecule has 1 N–H and O–H groups in total. The van der Waals surface area contributed by atoms with Crippen LogP contribution in [-0.4, -0.2) is 45.2 Å². The van der Waals surface area contributed by atoms with Crippen molar-refractivity contribution in [1.82, 2.24) is 19.5 Å². The van der Waals surface area contributed by atoms with Gasteiger partial charge in [0.25, 0.3) is 0 Å². The van der Waals surface area contributed by atoms with Crippen LogP contribution in [0.5, 0.6) is 0 Å². The highest BCUT2D eigenvalue weighted by molar-refractivity contribution is 5.44. The predicted octanol–water partition coefficient (Wildman–Crippen LogP) is 1.93. The van der Waals surface area contributed by atoms with Gasteiger partial charge < -0.3 is 10.2 Å². The van der Waals surface area contributed by atoms with Crippen molar-refractivity contribution in [3.05, 3.63) is 23.9 Å². The van der Waals surface area contributed by atoms with Gasteiger partial charge >= 0.3 is 0 Å². The van der Waals surface area contributed by atoms with E-state index in [1.54, 1.807) is 0 Å². The molecular weight excluding hydrogens is 238 g/mol. The summed E-state index contributed by atoms with van der Waals surface area (Å²) in [5.41, 5.74) is 2.09. The fraction of sp³-hybridized carbons (Fsp3) is 0.571. The second kappa shape index (κ2) is 5.17. The third kappa shape index (κ3) is 2.71. The highest BCUT2D eigenvalue weighted by atomic mass is 15.4. The number of rotatable bonds is 3. The van der Waals surface area contributed by atoms with Crippen LogP contribution in [0.1, 0.15) is 25.3 Å². The minimum atomic E-state index is 0.465. The van der Waals surface area contributed by atoms with E-state index in [9.17, 15) is 0 Å². The van der Waals surface area contributed by atoms with Crippen LogP contribution in [0.15, 0.2) is 18.3 Å². The number of likely N-dealkylation sites (tertiary alicyclic amines) is 1. The number of fused-ring (bicyclic) bond motifs is 1. The van der Waals surface area contributed by atoms with Crippen LogP contribution in [-0.2, 0) is 0 Å². The van der Waals surface area contributed by atoms with Gasteiger partial charge in [-0.3, -0.25) is 0 Å². The van der Waals surface area contributed by atoms with E-state index in [0.29, 0.717) is 6.04 Å². The van der Waals surface area contributed by atoms with Gasteiger partial charge in [0.05, 0.1) is 0 Å². The van der Waals surface area contributed by atoms with Crippen molar-refractivity contribution in [2.45, 2.75) is 32.7 Å². The Balaban J connectivity index is 1.74. The topological polar surface area (TPSA) is 45.5 Å². The Labute approximate surface area is 113 Å². The predicted molar refractivity (Wildman–Crippen MR) is 76.5 cm³/mol. The first-order valence-electron chi connectivity index (χ1n) is 7.06. The summed E-state index contributed by atoms with van der Waals surface area (Å²) < 4.78 is 1.85. The molecule has 19 heavy (non-hydrogen) atoms. The van der Waals surface area contributed by atoms with Gasteiger partial charge in [-0.1, -0.05) is 13.0 Å². The van der Waals surface area contributed by atoms with Gasteiger partial charge in [-0.05, 0) is 44.5 Å². The van der Waals surface area contributed by atoms with Gasteiger partial charge in [0.2, 0.25) is 5.95 Å². The van der Waals surface area contributed by atoms with Crippen molar-refractivity contribution in [1.29, 1.82) is 0 Å². The summed E-state index contributed by atoms with van der Waals surface area (Å²) in [5.74, 6) is 0.744. The van der Waals surface area contributed by atoms with Crippen molar-refractivity contribution >= 4 is 11.6 Å². The van der Waals surface area contributed by atoms with E-state index in [4.69, 9.17) is 0 Å². The molecule has 5 heteroatoms. The van der Waals surface area contributed by atoms with Crippen LogP contribution in [0.2, 0.25) is 0 Å². The van der Waals surface area contributed by atoms with Gasteiger partial charge in [0.1, 0.15) is 0 Å². The van der Waals surface area contributed by atoms with Crippen molar-refractivity contribution in [2.75, 3.05) is 25.0 Å². The Morgan fingerprint density at radius 2 is 2.32 bits per heavy atom. The Kier molecular flexibility index (Phi) is 3.38. The van der Waals surface area contributed by atoms with Crippen molar-refractivity contribution in [2.24, 2.45) is 0 Å². The molecule has 0 radical (unpaired) electrons. The first-order chi connectivity index (χ1) is 9.24. The smallest absolute Gasteiger partial charge is 0.243 e. The molecule has 0 aromatic carbocycles. The van der Waals surface area contributed by atoms with Gasteiger partial charge in [0, 0.05) is 18.8 Å². The van der Waals surface area contributed by atoms with Crippen LogP contribution in [0, 0.1) is 6.92 Å². The lowest BCUT2D eigenvalue weighted by molar-refractivity contribution is 0.226. The summed E-state index contributed by atoms with van der Waals surface area (Å²) in [6.07, 6.45) is 4.45. The normalized spacial score (nSPS) is 20.8. The minimum Gasteiger partial charge on any atom is -0.349 e. The fourth-order valence-corrected chi connectivity index (χ4v) is 2.69. The van der Waals surface area contributed by atoms with Gasteiger partial charge in [-0.2, -0.15) is 4.98 Å². The fourth-order valence-electron chi connectivity index (χ4n) is 2.69. The molecule has 1 aliphatic heterocycles. The molecule has 0 spiro atoms. The third-order valence-corrected chi connectivity index (χ3v) is 3.76. The number of likely N-dealkylation sites (N-methyl/N-ethyl adjacent to an activating group) is 1. The average Bonchev–Trinajstić information content (AvgIpc) is 2.80. The number of nitrogens with one attached hydrogen (secondary N) is 1. The number of aryl methyl sites for hydroxylation is 1. The van der Waals surface area contributed by atoms with Crippen LogP contribution in [0.25, 0.3) is 5.65 Å². The summed E-state index contributed by atoms with van der Waals surface area (Å²) in [6, 6.07) is 4.53.